The molecule has 4 rings (SSSR count). The number of carbonyl (C=O) groups is 1. The molecule has 2 aromatic rings. The molecule has 0 spiro atoms. The summed E-state index contributed by atoms with van der Waals surface area (Å²) < 4.78 is 0. The van der Waals surface area contributed by atoms with Crippen LogP contribution in [0.5, 0.6) is 0 Å². The lowest BCUT2D eigenvalue weighted by atomic mass is 9.81. The molecule has 1 saturated carbocycles. The summed E-state index contributed by atoms with van der Waals surface area (Å²) >= 11 is 0. The van der Waals surface area contributed by atoms with E-state index in [-0.39, 0.29) is 11.7 Å². The quantitative estimate of drug-likeness (QED) is 0.466. The van der Waals surface area contributed by atoms with Crippen molar-refractivity contribution in [2.45, 2.75) is 57.8 Å². The molecule has 0 aromatic heterocycles. The molecule has 0 radical (unpaired) electrons. The Morgan fingerprint density at radius 2 is 1.66 bits per heavy atom. The molecule has 0 amide bonds. The van der Waals surface area contributed by atoms with Gasteiger partial charge in [-0.25, -0.2) is 0 Å². The van der Waals surface area contributed by atoms with Crippen molar-refractivity contribution >= 4 is 5.78 Å². The third kappa shape index (κ3) is 5.65. The van der Waals surface area contributed by atoms with Crippen LogP contribution < -0.4 is 0 Å². The van der Waals surface area contributed by atoms with Crippen LogP contribution in [0.2, 0.25) is 0 Å². The van der Waals surface area contributed by atoms with E-state index in [1.165, 1.54) is 54.4 Å². The van der Waals surface area contributed by atoms with Crippen LogP contribution in [0.4, 0.5) is 0 Å². The highest BCUT2D eigenvalue weighted by molar-refractivity contribution is 5.97. The highest BCUT2D eigenvalue weighted by atomic mass is 16.1. The van der Waals surface area contributed by atoms with Crippen molar-refractivity contribution in [1.82, 2.24) is 0 Å². The van der Waals surface area contributed by atoms with Crippen molar-refractivity contribution in [2.24, 2.45) is 5.92 Å². The highest BCUT2D eigenvalue weighted by Gasteiger charge is 2.25. The van der Waals surface area contributed by atoms with Gasteiger partial charge in [0.15, 0.2) is 5.78 Å². The van der Waals surface area contributed by atoms with E-state index in [9.17, 15) is 4.79 Å². The van der Waals surface area contributed by atoms with Crippen molar-refractivity contribution < 1.29 is 4.79 Å². The first-order valence-corrected chi connectivity index (χ1v) is 12.0. The Labute approximate surface area is 193 Å². The molecule has 2 aliphatic rings. The van der Waals surface area contributed by atoms with Crippen LogP contribution in [0.3, 0.4) is 0 Å². The molecule has 2 aliphatic carbocycles. The predicted molar refractivity (Wildman–Crippen MR) is 135 cm³/mol. The van der Waals surface area contributed by atoms with E-state index in [4.69, 9.17) is 0 Å². The van der Waals surface area contributed by atoms with Gasteiger partial charge in [-0.1, -0.05) is 104 Å². The topological polar surface area (TPSA) is 17.1 Å². The third-order valence-corrected chi connectivity index (χ3v) is 6.93. The lowest BCUT2D eigenvalue weighted by molar-refractivity contribution is -0.117. The van der Waals surface area contributed by atoms with Gasteiger partial charge in [-0.05, 0) is 72.4 Å². The van der Waals surface area contributed by atoms with Gasteiger partial charge in [-0.3, -0.25) is 4.79 Å². The monoisotopic (exact) mass is 422 g/mol. The molecule has 1 atom stereocenters. The Morgan fingerprint density at radius 3 is 2.38 bits per heavy atom. The first kappa shape index (κ1) is 22.3. The van der Waals surface area contributed by atoms with Crippen molar-refractivity contribution in [3.63, 3.8) is 0 Å². The molecule has 1 fully saturated rings. The van der Waals surface area contributed by atoms with Crippen LogP contribution in [0.25, 0.3) is 0 Å². The summed E-state index contributed by atoms with van der Waals surface area (Å²) in [5.74, 6) is 0.735. The second-order valence-corrected chi connectivity index (χ2v) is 9.39. The van der Waals surface area contributed by atoms with Gasteiger partial charge in [-0.2, -0.15) is 0 Å². The molecular weight excluding hydrogens is 388 g/mol. The zero-order valence-electron chi connectivity index (χ0n) is 19.2. The summed E-state index contributed by atoms with van der Waals surface area (Å²) in [5.41, 5.74) is 7.31. The zero-order chi connectivity index (χ0) is 22.3. The molecular formula is C31H34O. The number of allylic oxidation sites excluding steroid dienone is 7. The standard InChI is InChI=1S/C31H34O/c1-23(21-26-14-17-29(18-15-26)28-11-7-4-8-12-28)13-16-27-19-20-31(32)30(24(27)2)22-25-9-5-3-6-10-25/h3,5-6,9-10,13-20,28,30H,2,4,7-8,11-12,21-22H2,1H3/b23-13+,27-16-. The van der Waals surface area contributed by atoms with Crippen LogP contribution in [-0.2, 0) is 17.6 Å². The van der Waals surface area contributed by atoms with Crippen LogP contribution in [-0.4, -0.2) is 5.78 Å². The molecule has 0 aliphatic heterocycles. The van der Waals surface area contributed by atoms with Gasteiger partial charge in [0.1, 0.15) is 0 Å². The average Bonchev–Trinajstić information content (AvgIpc) is 2.83. The molecule has 1 heteroatoms. The molecule has 32 heavy (non-hydrogen) atoms. The lowest BCUT2D eigenvalue weighted by Gasteiger charge is -2.22. The Kier molecular flexibility index (Phi) is 7.37. The second kappa shape index (κ2) is 10.6. The average molecular weight is 423 g/mol. The fourth-order valence-electron chi connectivity index (χ4n) is 4.96. The number of ketones is 1. The molecule has 164 valence electrons. The number of hydrogen-bond acceptors (Lipinski definition) is 1. The summed E-state index contributed by atoms with van der Waals surface area (Å²) in [5, 5.41) is 0. The molecule has 0 N–H and O–H groups in total. The molecule has 2 aromatic carbocycles. The summed E-state index contributed by atoms with van der Waals surface area (Å²) in [6, 6.07) is 19.5. The van der Waals surface area contributed by atoms with Gasteiger partial charge < -0.3 is 0 Å². The van der Waals surface area contributed by atoms with Gasteiger partial charge >= 0.3 is 0 Å². The summed E-state index contributed by atoms with van der Waals surface area (Å²) in [6.07, 6.45) is 16.4. The number of hydrogen-bond donors (Lipinski definition) is 0. The summed E-state index contributed by atoms with van der Waals surface area (Å²) in [6.45, 7) is 6.44. The predicted octanol–water partition coefficient (Wildman–Crippen LogP) is 7.70. The minimum atomic E-state index is -0.172. The van der Waals surface area contributed by atoms with Crippen LogP contribution >= 0.6 is 0 Å². The fourth-order valence-corrected chi connectivity index (χ4v) is 4.96. The zero-order valence-corrected chi connectivity index (χ0v) is 19.2. The SMILES string of the molecule is C=C1/C(=C\C=C(/C)Cc2ccc(C3CCCCC3)cc2)C=CC(=O)C1Cc1ccccc1. The maximum atomic E-state index is 12.5. The minimum Gasteiger partial charge on any atom is -0.294 e. The van der Waals surface area contributed by atoms with E-state index in [1.807, 2.05) is 24.3 Å². The molecule has 0 heterocycles. The maximum absolute atomic E-state index is 12.5. The van der Waals surface area contributed by atoms with Crippen molar-refractivity contribution in [3.8, 4) is 0 Å². The number of carbonyl (C=O) groups excluding carboxylic acids is 1. The smallest absolute Gasteiger partial charge is 0.163 e. The van der Waals surface area contributed by atoms with Crippen molar-refractivity contribution in [3.05, 3.63) is 119 Å². The van der Waals surface area contributed by atoms with Crippen LogP contribution in [0.1, 0.15) is 61.6 Å². The van der Waals surface area contributed by atoms with Gasteiger partial charge in [0, 0.05) is 0 Å². The fraction of sp³-hybridized carbons (Fsp3) is 0.323. The van der Waals surface area contributed by atoms with E-state index < -0.39 is 0 Å². The van der Waals surface area contributed by atoms with E-state index in [0.29, 0.717) is 6.42 Å². The van der Waals surface area contributed by atoms with Gasteiger partial charge in [0.25, 0.3) is 0 Å². The Hall–Kier alpha value is -2.93. The van der Waals surface area contributed by atoms with Gasteiger partial charge in [0.2, 0.25) is 0 Å². The molecule has 0 bridgehead atoms. The van der Waals surface area contributed by atoms with Gasteiger partial charge in [0.05, 0.1) is 5.92 Å². The van der Waals surface area contributed by atoms with Crippen LogP contribution in [0.15, 0.2) is 102 Å². The lowest BCUT2D eigenvalue weighted by Crippen LogP contribution is -2.21. The van der Waals surface area contributed by atoms with E-state index in [1.54, 1.807) is 6.08 Å². The van der Waals surface area contributed by atoms with E-state index in [0.717, 1.165) is 23.5 Å². The third-order valence-electron chi connectivity index (χ3n) is 6.93. The Morgan fingerprint density at radius 1 is 0.938 bits per heavy atom. The highest BCUT2D eigenvalue weighted by Crippen LogP contribution is 2.33. The molecule has 0 saturated heterocycles. The van der Waals surface area contributed by atoms with E-state index >= 15 is 0 Å². The largest absolute Gasteiger partial charge is 0.294 e. The van der Waals surface area contributed by atoms with Gasteiger partial charge in [-0.15, -0.1) is 0 Å². The minimum absolute atomic E-state index is 0.148. The molecule has 1 nitrogen and oxygen atoms in total. The Bertz CT molecular complexity index is 1030. The maximum Gasteiger partial charge on any atom is 0.163 e. The van der Waals surface area contributed by atoms with Crippen molar-refractivity contribution in [1.29, 1.82) is 0 Å². The van der Waals surface area contributed by atoms with Crippen LogP contribution in [0, 0.1) is 5.92 Å². The first-order valence-electron chi connectivity index (χ1n) is 12.0. The summed E-state index contributed by atoms with van der Waals surface area (Å²) in [4.78, 5) is 12.5. The molecule has 1 unspecified atom stereocenters. The van der Waals surface area contributed by atoms with E-state index in [2.05, 4.69) is 62.1 Å². The number of benzene rings is 2. The van der Waals surface area contributed by atoms with Crippen molar-refractivity contribution in [2.75, 3.05) is 0 Å². The second-order valence-electron chi connectivity index (χ2n) is 9.39. The summed E-state index contributed by atoms with van der Waals surface area (Å²) in [7, 11) is 0. The normalized spacial score (nSPS) is 21.3. The number of rotatable bonds is 6. The Balaban J connectivity index is 1.40. The first-order chi connectivity index (χ1) is 15.6.